The van der Waals surface area contributed by atoms with E-state index in [0.717, 1.165) is 56.8 Å². The van der Waals surface area contributed by atoms with E-state index in [2.05, 4.69) is 29.7 Å². The Balaban J connectivity index is 1.33. The number of nitrogens with two attached hydrogens (primary N) is 1. The molecule has 2 N–H and O–H groups in total. The number of nitrogen functional groups attached to an aromatic ring is 1. The second-order valence-corrected chi connectivity index (χ2v) is 7.80. The quantitative estimate of drug-likeness (QED) is 0.710. The van der Waals surface area contributed by atoms with E-state index in [9.17, 15) is 4.79 Å². The largest absolute Gasteiger partial charge is 0.382 e. The molecule has 1 saturated heterocycles. The van der Waals surface area contributed by atoms with Crippen molar-refractivity contribution >= 4 is 22.9 Å². The summed E-state index contributed by atoms with van der Waals surface area (Å²) >= 11 is 0. The van der Waals surface area contributed by atoms with E-state index in [0.29, 0.717) is 29.9 Å². The fourth-order valence-electron chi connectivity index (χ4n) is 4.50. The topological polar surface area (TPSA) is 121 Å². The van der Waals surface area contributed by atoms with Gasteiger partial charge in [0, 0.05) is 32.5 Å². The summed E-state index contributed by atoms with van der Waals surface area (Å²) < 4.78 is 4.10. The molecule has 3 aromatic heterocycles. The van der Waals surface area contributed by atoms with Gasteiger partial charge in [0.1, 0.15) is 17.7 Å². The number of aryl methyl sites for hydroxylation is 2. The zero-order chi connectivity index (χ0) is 19.8. The number of carbonyl (C=O) groups is 1. The number of rotatable bonds is 4. The highest BCUT2D eigenvalue weighted by atomic mass is 16.2. The molecule has 0 radical (unpaired) electrons. The zero-order valence-electron chi connectivity index (χ0n) is 16.4. The molecule has 10 heteroatoms. The fraction of sp³-hybridized carbons (Fsp3) is 0.579. The molecule has 0 saturated carbocycles. The second kappa shape index (κ2) is 7.41. The average molecular weight is 395 g/mol. The van der Waals surface area contributed by atoms with Crippen molar-refractivity contribution in [1.82, 2.24) is 39.2 Å². The fourth-order valence-corrected chi connectivity index (χ4v) is 4.50. The summed E-state index contributed by atoms with van der Waals surface area (Å²) in [4.78, 5) is 27.6. The van der Waals surface area contributed by atoms with Gasteiger partial charge < -0.3 is 19.8 Å². The van der Waals surface area contributed by atoms with Crippen molar-refractivity contribution in [3.63, 3.8) is 0 Å². The Labute approximate surface area is 168 Å². The number of amides is 1. The Morgan fingerprint density at radius 3 is 2.93 bits per heavy atom. The van der Waals surface area contributed by atoms with Crippen molar-refractivity contribution in [3.05, 3.63) is 24.3 Å². The molecule has 2 aliphatic rings. The summed E-state index contributed by atoms with van der Waals surface area (Å²) in [6, 6.07) is 0.0214. The molecule has 1 unspecified atom stereocenters. The van der Waals surface area contributed by atoms with Crippen LogP contribution in [0.25, 0.3) is 11.2 Å². The highest BCUT2D eigenvalue weighted by molar-refractivity contribution is 5.81. The van der Waals surface area contributed by atoms with Gasteiger partial charge >= 0.3 is 0 Å². The van der Waals surface area contributed by atoms with Crippen molar-refractivity contribution in [2.75, 3.05) is 12.3 Å². The summed E-state index contributed by atoms with van der Waals surface area (Å²) in [6.45, 7) is 2.23. The lowest BCUT2D eigenvalue weighted by atomic mass is 10.00. The first-order chi connectivity index (χ1) is 14.2. The minimum atomic E-state index is 0.0214. The molecule has 2 aliphatic heterocycles. The molecule has 5 heterocycles. The van der Waals surface area contributed by atoms with Crippen molar-refractivity contribution in [2.24, 2.45) is 0 Å². The van der Waals surface area contributed by atoms with E-state index in [1.807, 2.05) is 9.47 Å². The summed E-state index contributed by atoms with van der Waals surface area (Å²) in [7, 11) is 0. The maximum Gasteiger partial charge on any atom is 0.224 e. The summed E-state index contributed by atoms with van der Waals surface area (Å²) in [5.41, 5.74) is 7.09. The molecule has 1 fully saturated rings. The van der Waals surface area contributed by atoms with Crippen molar-refractivity contribution in [3.8, 4) is 0 Å². The summed E-state index contributed by atoms with van der Waals surface area (Å²) in [5.74, 6) is 2.51. The number of hydrogen-bond acceptors (Lipinski definition) is 7. The van der Waals surface area contributed by atoms with E-state index in [1.54, 1.807) is 6.33 Å². The number of carbonyl (C=O) groups excluding carboxylic acids is 1. The Bertz CT molecular complexity index is 1040. The predicted octanol–water partition coefficient (Wildman–Crippen LogP) is 1.48. The first-order valence-corrected chi connectivity index (χ1v) is 10.3. The normalized spacial score (nSPS) is 19.4. The van der Waals surface area contributed by atoms with Crippen LogP contribution in [0.1, 0.15) is 56.2 Å². The Hall–Kier alpha value is -3.04. The second-order valence-electron chi connectivity index (χ2n) is 7.80. The maximum atomic E-state index is 13.1. The van der Waals surface area contributed by atoms with Crippen LogP contribution in [0.2, 0.25) is 0 Å². The third-order valence-electron chi connectivity index (χ3n) is 6.01. The Morgan fingerprint density at radius 2 is 2.00 bits per heavy atom. The lowest BCUT2D eigenvalue weighted by Crippen LogP contribution is -2.40. The summed E-state index contributed by atoms with van der Waals surface area (Å²) in [6.07, 6.45) is 9.86. The van der Waals surface area contributed by atoms with Gasteiger partial charge in [0.25, 0.3) is 0 Å². The predicted molar refractivity (Wildman–Crippen MR) is 106 cm³/mol. The molecule has 10 nitrogen and oxygen atoms in total. The molecular formula is C19H25N9O. The van der Waals surface area contributed by atoms with Crippen LogP contribution < -0.4 is 5.73 Å². The average Bonchev–Trinajstić information content (AvgIpc) is 3.37. The van der Waals surface area contributed by atoms with Gasteiger partial charge in [0.05, 0.1) is 12.4 Å². The number of hydrogen-bond donors (Lipinski definition) is 1. The molecule has 5 rings (SSSR count). The highest BCUT2D eigenvalue weighted by Crippen LogP contribution is 2.32. The van der Waals surface area contributed by atoms with Crippen LogP contribution in [-0.4, -0.2) is 51.6 Å². The van der Waals surface area contributed by atoms with Gasteiger partial charge in [-0.1, -0.05) is 0 Å². The van der Waals surface area contributed by atoms with Crippen LogP contribution in [0.5, 0.6) is 0 Å². The molecule has 1 atom stereocenters. The lowest BCUT2D eigenvalue weighted by molar-refractivity contribution is -0.135. The number of imidazole rings is 1. The van der Waals surface area contributed by atoms with Crippen LogP contribution in [0.15, 0.2) is 12.7 Å². The number of nitrogens with zero attached hydrogens (tertiary/aromatic N) is 8. The van der Waals surface area contributed by atoms with Crippen molar-refractivity contribution < 1.29 is 4.79 Å². The number of aromatic nitrogens is 7. The first kappa shape index (κ1) is 18.0. The van der Waals surface area contributed by atoms with Crippen LogP contribution in [-0.2, 0) is 24.3 Å². The smallest absolute Gasteiger partial charge is 0.224 e. The van der Waals surface area contributed by atoms with Gasteiger partial charge in [-0.25, -0.2) is 15.0 Å². The van der Waals surface area contributed by atoms with E-state index in [1.165, 1.54) is 12.7 Å². The molecular weight excluding hydrogens is 370 g/mol. The molecule has 0 aliphatic carbocycles. The Kier molecular flexibility index (Phi) is 4.61. The van der Waals surface area contributed by atoms with Gasteiger partial charge in [-0.05, 0) is 32.1 Å². The maximum absolute atomic E-state index is 13.1. The van der Waals surface area contributed by atoms with E-state index in [4.69, 9.17) is 5.73 Å². The van der Waals surface area contributed by atoms with E-state index >= 15 is 0 Å². The minimum Gasteiger partial charge on any atom is -0.382 e. The van der Waals surface area contributed by atoms with E-state index < -0.39 is 0 Å². The molecule has 29 heavy (non-hydrogen) atoms. The van der Waals surface area contributed by atoms with E-state index in [-0.39, 0.29) is 11.9 Å². The number of likely N-dealkylation sites (tertiary alicyclic amines) is 1. The molecule has 1 amide bonds. The SMILES string of the molecule is Nc1ncnc2c1ncn2CCC(=O)N1CCCCC1c1nnc2n1CCCC2. The van der Waals surface area contributed by atoms with Crippen LogP contribution in [0.3, 0.4) is 0 Å². The number of fused-ring (bicyclic) bond motifs is 2. The van der Waals surface area contributed by atoms with Gasteiger partial charge in [-0.3, -0.25) is 4.79 Å². The lowest BCUT2D eigenvalue weighted by Gasteiger charge is -2.35. The standard InChI is InChI=1S/C19H25N9O/c20-17-16-19(22-11-21-17)26(12-23-16)10-7-15(29)27-8-3-1-5-13(27)18-25-24-14-6-2-4-9-28(14)18/h11-13H,1-10H2,(H2,20,21,22). The molecule has 0 bridgehead atoms. The first-order valence-electron chi connectivity index (χ1n) is 10.3. The molecule has 3 aromatic rings. The zero-order valence-corrected chi connectivity index (χ0v) is 16.4. The van der Waals surface area contributed by atoms with Crippen LogP contribution in [0, 0.1) is 0 Å². The Morgan fingerprint density at radius 1 is 1.10 bits per heavy atom. The van der Waals surface area contributed by atoms with Gasteiger partial charge in [-0.2, -0.15) is 0 Å². The number of piperidine rings is 1. The molecule has 0 spiro atoms. The van der Waals surface area contributed by atoms with Gasteiger partial charge in [0.2, 0.25) is 5.91 Å². The summed E-state index contributed by atoms with van der Waals surface area (Å²) in [5, 5.41) is 8.88. The van der Waals surface area contributed by atoms with Crippen molar-refractivity contribution in [2.45, 2.75) is 64.1 Å². The van der Waals surface area contributed by atoms with Gasteiger partial charge in [0.15, 0.2) is 17.3 Å². The van der Waals surface area contributed by atoms with Crippen molar-refractivity contribution in [1.29, 1.82) is 0 Å². The van der Waals surface area contributed by atoms with Gasteiger partial charge in [-0.15, -0.1) is 10.2 Å². The monoisotopic (exact) mass is 395 g/mol. The number of anilines is 1. The third kappa shape index (κ3) is 3.22. The minimum absolute atomic E-state index is 0.0214. The van der Waals surface area contributed by atoms with Crippen LogP contribution in [0.4, 0.5) is 5.82 Å². The van der Waals surface area contributed by atoms with Crippen LogP contribution >= 0.6 is 0 Å². The molecule has 0 aromatic carbocycles. The third-order valence-corrected chi connectivity index (χ3v) is 6.01. The molecule has 152 valence electrons. The highest BCUT2D eigenvalue weighted by Gasteiger charge is 2.32.